The molecule has 0 aromatic carbocycles. The van der Waals surface area contributed by atoms with E-state index in [0.29, 0.717) is 11.8 Å². The average molecular weight is 241 g/mol. The molecule has 0 aliphatic carbocycles. The van der Waals surface area contributed by atoms with E-state index in [2.05, 4.69) is 20.2 Å². The van der Waals surface area contributed by atoms with Crippen LogP contribution in [0, 0.1) is 0 Å². The lowest BCUT2D eigenvalue weighted by Gasteiger charge is -2.31. The van der Waals surface area contributed by atoms with Gasteiger partial charge in [-0.05, 0) is 19.3 Å². The monoisotopic (exact) mass is 240 g/mol. The van der Waals surface area contributed by atoms with Crippen molar-refractivity contribution in [3.8, 4) is 0 Å². The van der Waals surface area contributed by atoms with Crippen molar-refractivity contribution in [1.29, 1.82) is 0 Å². The summed E-state index contributed by atoms with van der Waals surface area (Å²) in [6, 6.07) is 0. The summed E-state index contributed by atoms with van der Waals surface area (Å²) in [7, 11) is 0. The molecule has 3 heterocycles. The van der Waals surface area contributed by atoms with Crippen molar-refractivity contribution >= 4 is 23.1 Å². The Kier molecular flexibility index (Phi) is 2.57. The van der Waals surface area contributed by atoms with Gasteiger partial charge in [-0.2, -0.15) is 0 Å². The topological polar surface area (TPSA) is 50.3 Å². The third-order valence-corrected chi connectivity index (χ3v) is 3.27. The zero-order valence-corrected chi connectivity index (χ0v) is 9.57. The van der Waals surface area contributed by atoms with Crippen LogP contribution >= 0.6 is 11.6 Å². The molecule has 1 aromatic rings. The molecule has 0 saturated carbocycles. The minimum absolute atomic E-state index is 0.119. The molecular weight excluding hydrogens is 228 g/mol. The van der Waals surface area contributed by atoms with Gasteiger partial charge in [-0.1, -0.05) is 11.6 Å². The fraction of sp³-hybridized carbons (Fsp3) is 0.600. The summed E-state index contributed by atoms with van der Waals surface area (Å²) in [6.07, 6.45) is 5.01. The third-order valence-electron chi connectivity index (χ3n) is 2.98. The van der Waals surface area contributed by atoms with Crippen LogP contribution < -0.4 is 10.2 Å². The molecule has 2 aliphatic heterocycles. The van der Waals surface area contributed by atoms with Crippen LogP contribution in [-0.4, -0.2) is 29.5 Å². The van der Waals surface area contributed by atoms with E-state index in [1.807, 2.05) is 0 Å². The molecule has 1 atom stereocenters. The highest BCUT2D eigenvalue weighted by Gasteiger charge is 2.30. The van der Waals surface area contributed by atoms with E-state index in [-0.39, 0.29) is 6.23 Å². The second-order valence-electron chi connectivity index (χ2n) is 3.99. The van der Waals surface area contributed by atoms with Crippen molar-refractivity contribution < 1.29 is 4.74 Å². The van der Waals surface area contributed by atoms with Crippen LogP contribution in [0.1, 0.15) is 19.3 Å². The Hall–Kier alpha value is -1.07. The third kappa shape index (κ3) is 1.60. The molecule has 0 spiro atoms. The molecule has 1 aromatic heterocycles. The predicted molar refractivity (Wildman–Crippen MR) is 61.6 cm³/mol. The van der Waals surface area contributed by atoms with Gasteiger partial charge in [-0.3, -0.25) is 0 Å². The van der Waals surface area contributed by atoms with E-state index < -0.39 is 0 Å². The first kappa shape index (κ1) is 10.1. The van der Waals surface area contributed by atoms with Crippen molar-refractivity contribution in [3.63, 3.8) is 0 Å². The van der Waals surface area contributed by atoms with Crippen LogP contribution in [-0.2, 0) is 4.74 Å². The molecule has 0 radical (unpaired) electrons. The van der Waals surface area contributed by atoms with Gasteiger partial charge in [0.25, 0.3) is 0 Å². The molecule has 1 saturated heterocycles. The number of nitrogens with one attached hydrogen (secondary N) is 1. The van der Waals surface area contributed by atoms with Gasteiger partial charge in [0.05, 0.1) is 6.67 Å². The Balaban J connectivity index is 1.87. The second-order valence-corrected chi connectivity index (χ2v) is 4.35. The zero-order chi connectivity index (χ0) is 11.0. The van der Waals surface area contributed by atoms with E-state index >= 15 is 0 Å². The van der Waals surface area contributed by atoms with Crippen molar-refractivity contribution in [2.75, 3.05) is 23.5 Å². The first-order valence-corrected chi connectivity index (χ1v) is 5.86. The zero-order valence-electron chi connectivity index (χ0n) is 8.82. The minimum atomic E-state index is 0.119. The highest BCUT2D eigenvalue weighted by Crippen LogP contribution is 2.36. The van der Waals surface area contributed by atoms with Gasteiger partial charge in [0.15, 0.2) is 11.0 Å². The molecule has 6 heteroatoms. The molecule has 5 nitrogen and oxygen atoms in total. The van der Waals surface area contributed by atoms with Crippen molar-refractivity contribution in [2.24, 2.45) is 0 Å². The number of hydrogen-bond acceptors (Lipinski definition) is 5. The molecule has 16 heavy (non-hydrogen) atoms. The lowest BCUT2D eigenvalue weighted by molar-refractivity contribution is 0.0155. The van der Waals surface area contributed by atoms with Crippen LogP contribution in [0.2, 0.25) is 5.15 Å². The largest absolute Gasteiger partial charge is 0.362 e. The number of ether oxygens (including phenoxy) is 1. The highest BCUT2D eigenvalue weighted by molar-refractivity contribution is 6.32. The molecule has 86 valence electrons. The first-order chi connectivity index (χ1) is 7.86. The number of fused-ring (bicyclic) bond motifs is 1. The Bertz CT molecular complexity index is 394. The summed E-state index contributed by atoms with van der Waals surface area (Å²) in [4.78, 5) is 10.3. The van der Waals surface area contributed by atoms with E-state index in [0.717, 1.165) is 31.0 Å². The van der Waals surface area contributed by atoms with E-state index in [4.69, 9.17) is 16.3 Å². The Morgan fingerprint density at radius 1 is 1.44 bits per heavy atom. The van der Waals surface area contributed by atoms with Crippen molar-refractivity contribution in [1.82, 2.24) is 9.97 Å². The van der Waals surface area contributed by atoms with Crippen LogP contribution in [0.4, 0.5) is 11.5 Å². The number of anilines is 2. The Labute approximate surface area is 98.8 Å². The van der Waals surface area contributed by atoms with Gasteiger partial charge >= 0.3 is 0 Å². The smallest absolute Gasteiger partial charge is 0.160 e. The van der Waals surface area contributed by atoms with Gasteiger partial charge in [0.2, 0.25) is 0 Å². The first-order valence-electron chi connectivity index (χ1n) is 5.49. The summed E-state index contributed by atoms with van der Waals surface area (Å²) in [5.41, 5.74) is 0.818. The molecular formula is C10H13ClN4O. The molecule has 2 aliphatic rings. The molecule has 0 amide bonds. The van der Waals surface area contributed by atoms with Crippen molar-refractivity contribution in [3.05, 3.63) is 11.5 Å². The SMILES string of the molecule is Clc1ncnc2c1NCN2[C@H]1CCCCO1. The fourth-order valence-corrected chi connectivity index (χ4v) is 2.37. The summed E-state index contributed by atoms with van der Waals surface area (Å²) >= 11 is 5.99. The fourth-order valence-electron chi connectivity index (χ4n) is 2.17. The van der Waals surface area contributed by atoms with Crippen LogP contribution in [0.15, 0.2) is 6.33 Å². The average Bonchev–Trinajstić information content (AvgIpc) is 2.75. The molecule has 0 unspecified atom stereocenters. The molecule has 1 fully saturated rings. The standard InChI is InChI=1S/C10H13ClN4O/c11-9-8-10(13-5-12-9)15(6-14-8)7-3-1-2-4-16-7/h5,7,14H,1-4,6H2/t7-/m1/s1. The number of aromatic nitrogens is 2. The number of nitrogens with zero attached hydrogens (tertiary/aromatic N) is 3. The van der Waals surface area contributed by atoms with E-state index in [9.17, 15) is 0 Å². The van der Waals surface area contributed by atoms with Crippen LogP contribution in [0.3, 0.4) is 0 Å². The number of halogens is 1. The molecule has 3 rings (SSSR count). The minimum Gasteiger partial charge on any atom is -0.362 e. The van der Waals surface area contributed by atoms with Crippen molar-refractivity contribution in [2.45, 2.75) is 25.5 Å². The van der Waals surface area contributed by atoms with Gasteiger partial charge in [-0.15, -0.1) is 0 Å². The number of rotatable bonds is 1. The van der Waals surface area contributed by atoms with Gasteiger partial charge in [0.1, 0.15) is 18.2 Å². The summed E-state index contributed by atoms with van der Waals surface area (Å²) in [5, 5.41) is 3.68. The Morgan fingerprint density at radius 3 is 3.19 bits per heavy atom. The summed E-state index contributed by atoms with van der Waals surface area (Å²) in [5.74, 6) is 0.854. The summed E-state index contributed by atoms with van der Waals surface area (Å²) < 4.78 is 5.74. The maximum absolute atomic E-state index is 5.99. The van der Waals surface area contributed by atoms with E-state index in [1.165, 1.54) is 12.7 Å². The van der Waals surface area contributed by atoms with Crippen LogP contribution in [0.5, 0.6) is 0 Å². The lowest BCUT2D eigenvalue weighted by Crippen LogP contribution is -2.39. The summed E-state index contributed by atoms with van der Waals surface area (Å²) in [6.45, 7) is 1.52. The maximum Gasteiger partial charge on any atom is 0.160 e. The second kappa shape index (κ2) is 4.07. The quantitative estimate of drug-likeness (QED) is 0.760. The van der Waals surface area contributed by atoms with Gasteiger partial charge in [0, 0.05) is 6.61 Å². The van der Waals surface area contributed by atoms with Gasteiger partial charge in [-0.25, -0.2) is 9.97 Å². The Morgan fingerprint density at radius 2 is 2.38 bits per heavy atom. The lowest BCUT2D eigenvalue weighted by atomic mass is 10.2. The predicted octanol–water partition coefficient (Wildman–Crippen LogP) is 1.85. The molecule has 0 bridgehead atoms. The van der Waals surface area contributed by atoms with Crippen LogP contribution in [0.25, 0.3) is 0 Å². The highest BCUT2D eigenvalue weighted by atomic mass is 35.5. The number of hydrogen-bond donors (Lipinski definition) is 1. The normalized spacial score (nSPS) is 24.1. The molecule has 1 N–H and O–H groups in total. The van der Waals surface area contributed by atoms with Gasteiger partial charge < -0.3 is 15.0 Å². The maximum atomic E-state index is 5.99. The van der Waals surface area contributed by atoms with E-state index in [1.54, 1.807) is 0 Å².